The third-order valence-electron chi connectivity index (χ3n) is 10.3. The standard InChI is InChI=1S/C44H40N6O9/c51-39(46-31-16-19-33-34(26-31)44(56)49(43(33)55)37-20-21-40(52)48-42(37)54)9-5-3-1-2-4-6-22-45-41(53)29-12-10-27(11-13-29)30-24-35(28-14-17-32(18-15-28)50(57)58)47-36(25-30)38-8-7-23-59-38/h7-8,10-19,23-26,37H,1-6,9,20-22H2,(H,45,53)(H,46,51)(H,48,52,54). The fourth-order valence-corrected chi connectivity index (χ4v) is 7.16. The normalized spacial score (nSPS) is 14.8. The van der Waals surface area contributed by atoms with E-state index in [9.17, 15) is 38.9 Å². The molecule has 5 aromatic rings. The second-order valence-electron chi connectivity index (χ2n) is 14.4. The Kier molecular flexibility index (Phi) is 12.1. The van der Waals surface area contributed by atoms with Crippen molar-refractivity contribution in [2.75, 3.05) is 11.9 Å². The molecule has 1 atom stereocenters. The number of pyridine rings is 1. The lowest BCUT2D eigenvalue weighted by Crippen LogP contribution is -2.54. The van der Waals surface area contributed by atoms with Crippen LogP contribution < -0.4 is 16.0 Å². The van der Waals surface area contributed by atoms with Crippen molar-refractivity contribution < 1.29 is 38.1 Å². The van der Waals surface area contributed by atoms with Crippen LogP contribution in [-0.4, -0.2) is 62.8 Å². The number of nitro groups is 1. The Morgan fingerprint density at radius 3 is 2.20 bits per heavy atom. The number of unbranched alkanes of at least 4 members (excludes halogenated alkanes) is 5. The first kappa shape index (κ1) is 39.9. The van der Waals surface area contributed by atoms with E-state index in [1.807, 2.05) is 24.3 Å². The minimum atomic E-state index is -1.06. The predicted molar refractivity (Wildman–Crippen MR) is 216 cm³/mol. The quantitative estimate of drug-likeness (QED) is 0.0400. The van der Waals surface area contributed by atoms with Crippen molar-refractivity contribution in [2.24, 2.45) is 0 Å². The second kappa shape index (κ2) is 17.9. The molecule has 0 radical (unpaired) electrons. The van der Waals surface area contributed by atoms with E-state index in [1.165, 1.54) is 24.3 Å². The summed E-state index contributed by atoms with van der Waals surface area (Å²) in [5.74, 6) is -2.18. The zero-order valence-electron chi connectivity index (χ0n) is 31.9. The second-order valence-corrected chi connectivity index (χ2v) is 14.4. The van der Waals surface area contributed by atoms with Crippen molar-refractivity contribution in [2.45, 2.75) is 63.8 Å². The topological polar surface area (TPSA) is 211 Å². The maximum atomic E-state index is 13.1. The summed E-state index contributed by atoms with van der Waals surface area (Å²) in [6.45, 7) is 0.526. The summed E-state index contributed by atoms with van der Waals surface area (Å²) in [6.07, 6.45) is 7.07. The summed E-state index contributed by atoms with van der Waals surface area (Å²) < 4.78 is 5.59. The largest absolute Gasteiger partial charge is 0.463 e. The summed E-state index contributed by atoms with van der Waals surface area (Å²) in [5.41, 5.74) is 4.76. The molecule has 0 saturated carbocycles. The van der Waals surface area contributed by atoms with Crippen LogP contribution in [0.2, 0.25) is 0 Å². The first-order valence-corrected chi connectivity index (χ1v) is 19.4. The van der Waals surface area contributed by atoms with E-state index in [0.717, 1.165) is 48.1 Å². The smallest absolute Gasteiger partial charge is 0.269 e. The molecule has 2 aliphatic heterocycles. The zero-order valence-corrected chi connectivity index (χ0v) is 31.9. The highest BCUT2D eigenvalue weighted by Gasteiger charge is 2.44. The minimum Gasteiger partial charge on any atom is -0.463 e. The number of anilines is 1. The number of amides is 6. The van der Waals surface area contributed by atoms with Crippen LogP contribution >= 0.6 is 0 Å². The van der Waals surface area contributed by atoms with Gasteiger partial charge in [-0.05, 0) is 97.1 Å². The molecule has 1 fully saturated rings. The fourth-order valence-electron chi connectivity index (χ4n) is 7.16. The molecular formula is C44H40N6O9. The Bertz CT molecular complexity index is 2430. The molecule has 2 aromatic heterocycles. The van der Waals surface area contributed by atoms with Crippen LogP contribution in [0.15, 0.2) is 102 Å². The molecule has 3 N–H and O–H groups in total. The third-order valence-corrected chi connectivity index (χ3v) is 10.3. The van der Waals surface area contributed by atoms with Gasteiger partial charge in [0, 0.05) is 48.3 Å². The molecule has 6 amide bonds. The van der Waals surface area contributed by atoms with E-state index in [2.05, 4.69) is 16.0 Å². The Hall–Kier alpha value is -7.29. The number of fused-ring (bicyclic) bond motifs is 1. The molecule has 59 heavy (non-hydrogen) atoms. The summed E-state index contributed by atoms with van der Waals surface area (Å²) >= 11 is 0. The summed E-state index contributed by atoms with van der Waals surface area (Å²) in [4.78, 5) is 91.6. The molecule has 300 valence electrons. The van der Waals surface area contributed by atoms with E-state index in [-0.39, 0.29) is 47.9 Å². The van der Waals surface area contributed by atoms with E-state index in [1.54, 1.807) is 48.7 Å². The van der Waals surface area contributed by atoms with Gasteiger partial charge < -0.3 is 15.1 Å². The zero-order chi connectivity index (χ0) is 41.5. The summed E-state index contributed by atoms with van der Waals surface area (Å²) in [6, 6.07) is 24.2. The highest BCUT2D eigenvalue weighted by Crippen LogP contribution is 2.32. The maximum Gasteiger partial charge on any atom is 0.269 e. The number of piperidine rings is 1. The number of hydrogen-bond donors (Lipinski definition) is 3. The maximum absolute atomic E-state index is 13.1. The molecule has 0 bridgehead atoms. The number of carbonyl (C=O) groups excluding carboxylic acids is 6. The van der Waals surface area contributed by atoms with Gasteiger partial charge in [-0.1, -0.05) is 37.8 Å². The highest BCUT2D eigenvalue weighted by molar-refractivity contribution is 6.24. The van der Waals surface area contributed by atoms with Crippen LogP contribution in [0, 0.1) is 10.1 Å². The van der Waals surface area contributed by atoms with E-state index < -0.39 is 34.6 Å². The number of carbonyl (C=O) groups is 6. The van der Waals surface area contributed by atoms with Gasteiger partial charge in [0.2, 0.25) is 17.7 Å². The van der Waals surface area contributed by atoms with Gasteiger partial charge in [0.15, 0.2) is 5.76 Å². The number of hydrogen-bond acceptors (Lipinski definition) is 10. The van der Waals surface area contributed by atoms with Gasteiger partial charge in [0.1, 0.15) is 11.7 Å². The van der Waals surface area contributed by atoms with Crippen molar-refractivity contribution in [1.29, 1.82) is 0 Å². The van der Waals surface area contributed by atoms with Crippen LogP contribution in [-0.2, 0) is 14.4 Å². The van der Waals surface area contributed by atoms with E-state index >= 15 is 0 Å². The number of aromatic nitrogens is 1. The highest BCUT2D eigenvalue weighted by atomic mass is 16.6. The number of rotatable bonds is 16. The first-order chi connectivity index (χ1) is 28.5. The lowest BCUT2D eigenvalue weighted by molar-refractivity contribution is -0.384. The number of imide groups is 2. The molecule has 0 aliphatic carbocycles. The SMILES string of the molecule is O=C1CCC(N2C(=O)c3ccc(NC(=O)CCCCCCCCNC(=O)c4ccc(-c5cc(-c6ccc([N+](=O)[O-])cc6)nc(-c6ccco6)c5)cc4)cc3C2=O)C(=O)N1. The average Bonchev–Trinajstić information content (AvgIpc) is 3.87. The predicted octanol–water partition coefficient (Wildman–Crippen LogP) is 7.08. The van der Waals surface area contributed by atoms with Crippen LogP contribution in [0.3, 0.4) is 0 Å². The Balaban J connectivity index is 0.816. The van der Waals surface area contributed by atoms with E-state index in [0.29, 0.717) is 46.9 Å². The van der Waals surface area contributed by atoms with Gasteiger partial charge in [-0.15, -0.1) is 0 Å². The van der Waals surface area contributed by atoms with Crippen LogP contribution in [0.1, 0.15) is 88.9 Å². The minimum absolute atomic E-state index is 0.0117. The van der Waals surface area contributed by atoms with Gasteiger partial charge in [-0.25, -0.2) is 4.98 Å². The van der Waals surface area contributed by atoms with Crippen LogP contribution in [0.25, 0.3) is 33.8 Å². The lowest BCUT2D eigenvalue weighted by atomic mass is 10.00. The van der Waals surface area contributed by atoms with Gasteiger partial charge in [0.25, 0.3) is 23.4 Å². The Labute approximate surface area is 338 Å². The molecule has 15 heteroatoms. The fraction of sp³-hybridized carbons (Fsp3) is 0.250. The summed E-state index contributed by atoms with van der Waals surface area (Å²) in [7, 11) is 0. The molecule has 1 unspecified atom stereocenters. The van der Waals surface area contributed by atoms with Gasteiger partial charge in [0.05, 0.1) is 28.0 Å². The van der Waals surface area contributed by atoms with Gasteiger partial charge in [-0.2, -0.15) is 0 Å². The summed E-state index contributed by atoms with van der Waals surface area (Å²) in [5, 5.41) is 19.1. The van der Waals surface area contributed by atoms with Crippen molar-refractivity contribution in [3.63, 3.8) is 0 Å². The van der Waals surface area contributed by atoms with Crippen molar-refractivity contribution in [3.8, 4) is 33.8 Å². The molecule has 7 rings (SSSR count). The molecule has 4 heterocycles. The Morgan fingerprint density at radius 2 is 1.49 bits per heavy atom. The lowest BCUT2D eigenvalue weighted by Gasteiger charge is -2.27. The van der Waals surface area contributed by atoms with E-state index in [4.69, 9.17) is 9.40 Å². The number of non-ortho nitro benzene ring substituents is 1. The van der Waals surface area contributed by atoms with Crippen molar-refractivity contribution in [3.05, 3.63) is 124 Å². The molecular weight excluding hydrogens is 757 g/mol. The van der Waals surface area contributed by atoms with Crippen LogP contribution in [0.4, 0.5) is 11.4 Å². The van der Waals surface area contributed by atoms with Gasteiger partial charge in [-0.3, -0.25) is 49.1 Å². The molecule has 15 nitrogen and oxygen atoms in total. The monoisotopic (exact) mass is 796 g/mol. The number of nitrogens with one attached hydrogen (secondary N) is 3. The van der Waals surface area contributed by atoms with Gasteiger partial charge >= 0.3 is 0 Å². The molecule has 1 saturated heterocycles. The van der Waals surface area contributed by atoms with Crippen molar-refractivity contribution in [1.82, 2.24) is 20.5 Å². The Morgan fingerprint density at radius 1 is 0.797 bits per heavy atom. The number of nitrogens with zero attached hydrogens (tertiary/aromatic N) is 3. The van der Waals surface area contributed by atoms with Crippen LogP contribution in [0.5, 0.6) is 0 Å². The molecule has 0 spiro atoms. The first-order valence-electron chi connectivity index (χ1n) is 19.4. The number of nitro benzene ring substituents is 1. The molecule has 3 aromatic carbocycles. The number of furan rings is 1. The number of benzene rings is 3. The average molecular weight is 797 g/mol. The molecule has 2 aliphatic rings. The van der Waals surface area contributed by atoms with Crippen molar-refractivity contribution >= 4 is 46.8 Å². The third kappa shape index (κ3) is 9.31.